The molecule has 1 saturated heterocycles. The summed E-state index contributed by atoms with van der Waals surface area (Å²) in [6.45, 7) is 3.99. The molecule has 0 unspecified atom stereocenters. The van der Waals surface area contributed by atoms with Gasteiger partial charge >= 0.3 is 0 Å². The zero-order valence-electron chi connectivity index (χ0n) is 21.2. The molecule has 37 heavy (non-hydrogen) atoms. The summed E-state index contributed by atoms with van der Waals surface area (Å²) in [5.74, 6) is 1.12. The summed E-state index contributed by atoms with van der Waals surface area (Å²) in [5.41, 5.74) is 3.83. The van der Waals surface area contributed by atoms with Gasteiger partial charge in [0.25, 0.3) is 11.8 Å². The number of carbonyl (C=O) groups is 2. The number of pyridine rings is 1. The van der Waals surface area contributed by atoms with Crippen molar-refractivity contribution < 1.29 is 29.3 Å². The van der Waals surface area contributed by atoms with Crippen LogP contribution in [-0.2, 0) is 4.79 Å². The average molecular weight is 509 g/mol. The average Bonchev–Trinajstić information content (AvgIpc) is 3.55. The second-order valence-corrected chi connectivity index (χ2v) is 9.89. The number of H-pyrrole nitrogens is 1. The topological polar surface area (TPSA) is 137 Å². The molecule has 1 aliphatic carbocycles. The Labute approximate surface area is 214 Å². The van der Waals surface area contributed by atoms with Crippen molar-refractivity contribution in [2.24, 2.45) is 5.92 Å². The smallest absolute Gasteiger partial charge is 0.255 e. The van der Waals surface area contributed by atoms with E-state index in [1.807, 2.05) is 24.3 Å². The molecule has 0 bridgehead atoms. The molecule has 1 saturated carbocycles. The lowest BCUT2D eigenvalue weighted by molar-refractivity contribution is -0.138. The SMILES string of the molecule is COc1ccc(OCC2CC2)c(-c2ccnc3c(C(=O)N[C@H]4CN(C(=O)[C@H](C)O)C[C@H]4O)c(C)[nH]c23)c1. The van der Waals surface area contributed by atoms with Crippen LogP contribution in [0.25, 0.3) is 22.2 Å². The molecule has 2 aliphatic rings. The van der Waals surface area contributed by atoms with Gasteiger partial charge in [0.1, 0.15) is 23.1 Å². The van der Waals surface area contributed by atoms with E-state index in [9.17, 15) is 19.8 Å². The number of methoxy groups -OCH3 is 1. The highest BCUT2D eigenvalue weighted by molar-refractivity contribution is 6.10. The van der Waals surface area contributed by atoms with Crippen LogP contribution < -0.4 is 14.8 Å². The van der Waals surface area contributed by atoms with Crippen molar-refractivity contribution in [2.75, 3.05) is 26.8 Å². The Kier molecular flexibility index (Phi) is 6.78. The molecule has 196 valence electrons. The third-order valence-electron chi connectivity index (χ3n) is 7.03. The number of ether oxygens (including phenoxy) is 2. The maximum Gasteiger partial charge on any atom is 0.255 e. The molecule has 5 rings (SSSR count). The first kappa shape index (κ1) is 25.0. The zero-order chi connectivity index (χ0) is 26.3. The Morgan fingerprint density at radius 3 is 2.73 bits per heavy atom. The van der Waals surface area contributed by atoms with E-state index in [1.165, 1.54) is 24.7 Å². The van der Waals surface area contributed by atoms with Gasteiger partial charge in [0.2, 0.25) is 0 Å². The molecule has 10 nitrogen and oxygen atoms in total. The molecule has 3 aromatic rings. The number of aryl methyl sites for hydroxylation is 1. The number of β-amino-alcohol motifs (C(OH)–C–C–N with tert-alkyl or cyclic N) is 1. The van der Waals surface area contributed by atoms with E-state index in [1.54, 1.807) is 20.2 Å². The third-order valence-corrected chi connectivity index (χ3v) is 7.03. The fourth-order valence-electron chi connectivity index (χ4n) is 4.79. The number of aliphatic hydroxyl groups is 2. The normalized spacial score (nSPS) is 20.2. The predicted octanol–water partition coefficient (Wildman–Crippen LogP) is 2.02. The number of carbonyl (C=O) groups excluding carboxylic acids is 2. The molecule has 2 aromatic heterocycles. The summed E-state index contributed by atoms with van der Waals surface area (Å²) in [7, 11) is 1.61. The lowest BCUT2D eigenvalue weighted by Crippen LogP contribution is -2.43. The Morgan fingerprint density at radius 1 is 1.24 bits per heavy atom. The molecule has 4 N–H and O–H groups in total. The highest BCUT2D eigenvalue weighted by Gasteiger charge is 2.37. The summed E-state index contributed by atoms with van der Waals surface area (Å²) in [6.07, 6.45) is 1.90. The molecule has 3 atom stereocenters. The van der Waals surface area contributed by atoms with E-state index in [0.717, 1.165) is 16.9 Å². The fraction of sp³-hybridized carbons (Fsp3) is 0.444. The Balaban J connectivity index is 1.45. The van der Waals surface area contributed by atoms with Crippen LogP contribution in [0.1, 0.15) is 35.8 Å². The number of hydrogen-bond donors (Lipinski definition) is 4. The van der Waals surface area contributed by atoms with Gasteiger partial charge in [0, 0.05) is 36.1 Å². The highest BCUT2D eigenvalue weighted by atomic mass is 16.5. The number of hydrogen-bond acceptors (Lipinski definition) is 7. The minimum atomic E-state index is -1.17. The predicted molar refractivity (Wildman–Crippen MR) is 137 cm³/mol. The fourth-order valence-corrected chi connectivity index (χ4v) is 4.79. The highest BCUT2D eigenvalue weighted by Crippen LogP contribution is 2.39. The van der Waals surface area contributed by atoms with E-state index in [2.05, 4.69) is 15.3 Å². The van der Waals surface area contributed by atoms with E-state index in [4.69, 9.17) is 9.47 Å². The molecule has 0 spiro atoms. The van der Waals surface area contributed by atoms with Gasteiger partial charge in [-0.15, -0.1) is 0 Å². The van der Waals surface area contributed by atoms with Crippen LogP contribution in [0.2, 0.25) is 0 Å². The van der Waals surface area contributed by atoms with Crippen LogP contribution in [0, 0.1) is 12.8 Å². The van der Waals surface area contributed by atoms with Gasteiger partial charge in [-0.3, -0.25) is 14.6 Å². The maximum atomic E-state index is 13.4. The molecular weight excluding hydrogens is 476 g/mol. The van der Waals surface area contributed by atoms with Gasteiger partial charge in [0.15, 0.2) is 0 Å². The van der Waals surface area contributed by atoms with E-state index in [0.29, 0.717) is 40.6 Å². The Bertz CT molecular complexity index is 1330. The second-order valence-electron chi connectivity index (χ2n) is 9.89. The lowest BCUT2D eigenvalue weighted by Gasteiger charge is -2.18. The van der Waals surface area contributed by atoms with Gasteiger partial charge in [0.05, 0.1) is 36.9 Å². The number of benzene rings is 1. The third kappa shape index (κ3) is 4.99. The summed E-state index contributed by atoms with van der Waals surface area (Å²) in [4.78, 5) is 34.7. The van der Waals surface area contributed by atoms with Crippen LogP contribution >= 0.6 is 0 Å². The van der Waals surface area contributed by atoms with Crippen molar-refractivity contribution in [2.45, 2.75) is 44.9 Å². The van der Waals surface area contributed by atoms with Crippen molar-refractivity contribution in [1.82, 2.24) is 20.2 Å². The number of rotatable bonds is 8. The molecule has 2 fully saturated rings. The van der Waals surface area contributed by atoms with Crippen molar-refractivity contribution in [3.63, 3.8) is 0 Å². The number of aromatic nitrogens is 2. The quantitative estimate of drug-likeness (QED) is 0.365. The van der Waals surface area contributed by atoms with Crippen LogP contribution in [-0.4, -0.2) is 82.0 Å². The first-order valence-electron chi connectivity index (χ1n) is 12.5. The summed E-state index contributed by atoms with van der Waals surface area (Å²) in [5, 5.41) is 22.9. The van der Waals surface area contributed by atoms with Crippen molar-refractivity contribution in [3.8, 4) is 22.6 Å². The Morgan fingerprint density at radius 2 is 2.03 bits per heavy atom. The van der Waals surface area contributed by atoms with Crippen molar-refractivity contribution >= 4 is 22.8 Å². The van der Waals surface area contributed by atoms with Crippen LogP contribution in [0.15, 0.2) is 30.5 Å². The largest absolute Gasteiger partial charge is 0.497 e. The summed E-state index contributed by atoms with van der Waals surface area (Å²) >= 11 is 0. The molecule has 3 heterocycles. The first-order chi connectivity index (χ1) is 17.8. The minimum absolute atomic E-state index is 0.0451. The number of aromatic amines is 1. The van der Waals surface area contributed by atoms with Gasteiger partial charge in [-0.05, 0) is 56.9 Å². The van der Waals surface area contributed by atoms with E-state index in [-0.39, 0.29) is 13.1 Å². The number of aliphatic hydroxyl groups excluding tert-OH is 2. The Hall–Kier alpha value is -3.63. The second kappa shape index (κ2) is 10.0. The standard InChI is InChI=1S/C27H32N4O6/c1-14-23(26(34)30-20-11-31(12-21(20)33)27(35)15(2)32)25-24(29-14)18(8-9-28-25)19-10-17(36-3)6-7-22(19)37-13-16-4-5-16/h6-10,15-16,20-21,29,32-33H,4-5,11-13H2,1-3H3,(H,30,34)/t15-,20-,21+/m0/s1. The minimum Gasteiger partial charge on any atom is -0.497 e. The van der Waals surface area contributed by atoms with Crippen molar-refractivity contribution in [1.29, 1.82) is 0 Å². The number of nitrogens with zero attached hydrogens (tertiary/aromatic N) is 2. The molecule has 10 heteroatoms. The number of amides is 2. The monoisotopic (exact) mass is 508 g/mol. The molecule has 1 aromatic carbocycles. The molecular formula is C27H32N4O6. The van der Waals surface area contributed by atoms with Gasteiger partial charge in [-0.2, -0.15) is 0 Å². The zero-order valence-corrected chi connectivity index (χ0v) is 21.2. The van der Waals surface area contributed by atoms with Crippen LogP contribution in [0.4, 0.5) is 0 Å². The summed E-state index contributed by atoms with van der Waals surface area (Å²) < 4.78 is 11.6. The number of nitrogens with one attached hydrogen (secondary N) is 2. The van der Waals surface area contributed by atoms with Crippen LogP contribution in [0.3, 0.4) is 0 Å². The first-order valence-corrected chi connectivity index (χ1v) is 12.5. The van der Waals surface area contributed by atoms with Gasteiger partial charge in [-0.1, -0.05) is 0 Å². The number of likely N-dealkylation sites (tertiary alicyclic amines) is 1. The number of fused-ring (bicyclic) bond motifs is 1. The van der Waals surface area contributed by atoms with E-state index < -0.39 is 30.1 Å². The van der Waals surface area contributed by atoms with Crippen LogP contribution in [0.5, 0.6) is 11.5 Å². The maximum absolute atomic E-state index is 13.4. The lowest BCUT2D eigenvalue weighted by atomic mass is 10.0. The summed E-state index contributed by atoms with van der Waals surface area (Å²) in [6, 6.07) is 6.88. The molecule has 1 aliphatic heterocycles. The van der Waals surface area contributed by atoms with E-state index >= 15 is 0 Å². The van der Waals surface area contributed by atoms with Gasteiger partial charge < -0.3 is 34.9 Å². The molecule has 0 radical (unpaired) electrons. The molecule has 2 amide bonds. The van der Waals surface area contributed by atoms with Gasteiger partial charge in [-0.25, -0.2) is 0 Å². The van der Waals surface area contributed by atoms with Crippen molar-refractivity contribution in [3.05, 3.63) is 41.7 Å².